The smallest absolute Gasteiger partial charge is 0.0843 e. The molecule has 2 heterocycles. The zero-order chi connectivity index (χ0) is 14.1. The van der Waals surface area contributed by atoms with Crippen molar-refractivity contribution in [1.82, 2.24) is 5.32 Å². The summed E-state index contributed by atoms with van der Waals surface area (Å²) in [5.74, 6) is 0. The Balaban J connectivity index is 2.05. The van der Waals surface area contributed by atoms with Gasteiger partial charge in [-0.15, -0.1) is 22.7 Å². The summed E-state index contributed by atoms with van der Waals surface area (Å²) in [6.45, 7) is 3.10. The molecule has 0 aliphatic carbocycles. The van der Waals surface area contributed by atoms with Crippen LogP contribution >= 0.6 is 54.5 Å². The molecule has 0 radical (unpaired) electrons. The first-order valence-electron chi connectivity index (χ1n) is 6.35. The fraction of sp³-hybridized carbons (Fsp3) is 0.200. The van der Waals surface area contributed by atoms with Gasteiger partial charge in [-0.2, -0.15) is 0 Å². The highest BCUT2D eigenvalue weighted by atomic mass is 79.9. The topological polar surface area (TPSA) is 12.0 Å². The lowest BCUT2D eigenvalue weighted by molar-refractivity contribution is 0.649. The summed E-state index contributed by atoms with van der Waals surface area (Å²) in [5.41, 5.74) is 0. The minimum absolute atomic E-state index is 0.269. The fourth-order valence-corrected chi connectivity index (χ4v) is 5.61. The molecule has 0 aliphatic heterocycles. The number of hydrogen-bond acceptors (Lipinski definition) is 3. The van der Waals surface area contributed by atoms with Crippen molar-refractivity contribution in [3.63, 3.8) is 0 Å². The van der Waals surface area contributed by atoms with E-state index >= 15 is 0 Å². The monoisotopic (exact) mass is 429 g/mol. The molecular weight excluding hydrogens is 418 g/mol. The predicted molar refractivity (Wildman–Crippen MR) is 97.1 cm³/mol. The van der Waals surface area contributed by atoms with Gasteiger partial charge in [-0.3, -0.25) is 0 Å². The molecule has 1 aromatic carbocycles. The number of benzene rings is 1. The maximum atomic E-state index is 3.60. The second kappa shape index (κ2) is 6.28. The van der Waals surface area contributed by atoms with Crippen LogP contribution in [0.3, 0.4) is 0 Å². The minimum atomic E-state index is 0.269. The van der Waals surface area contributed by atoms with Crippen LogP contribution in [0.25, 0.3) is 10.1 Å². The molecule has 1 N–H and O–H groups in total. The van der Waals surface area contributed by atoms with E-state index in [2.05, 4.69) is 80.5 Å². The zero-order valence-electron chi connectivity index (χ0n) is 10.8. The molecule has 3 rings (SSSR count). The number of fused-ring (bicyclic) bond motifs is 1. The summed E-state index contributed by atoms with van der Waals surface area (Å²) in [7, 11) is 0. The Hall–Kier alpha value is -0.200. The fourth-order valence-electron chi connectivity index (χ4n) is 2.20. The molecule has 104 valence electrons. The molecule has 5 heteroatoms. The third-order valence-corrected chi connectivity index (χ3v) is 7.59. The normalized spacial score (nSPS) is 12.9. The number of thiophene rings is 2. The van der Waals surface area contributed by atoms with E-state index in [1.54, 1.807) is 11.3 Å². The van der Waals surface area contributed by atoms with Crippen LogP contribution in [-0.4, -0.2) is 6.54 Å². The number of rotatable bonds is 4. The highest BCUT2D eigenvalue weighted by Crippen LogP contribution is 2.40. The molecule has 0 amide bonds. The first-order chi connectivity index (χ1) is 9.69. The first-order valence-corrected chi connectivity index (χ1v) is 9.57. The van der Waals surface area contributed by atoms with Crippen LogP contribution in [0.2, 0.25) is 0 Å². The van der Waals surface area contributed by atoms with Crippen molar-refractivity contribution in [1.29, 1.82) is 0 Å². The Morgan fingerprint density at radius 1 is 1.10 bits per heavy atom. The minimum Gasteiger partial charge on any atom is -0.305 e. The Bertz CT molecular complexity index is 680. The number of halogens is 2. The van der Waals surface area contributed by atoms with Gasteiger partial charge in [0.1, 0.15) is 0 Å². The van der Waals surface area contributed by atoms with Gasteiger partial charge >= 0.3 is 0 Å². The molecule has 1 unspecified atom stereocenters. The Morgan fingerprint density at radius 3 is 2.50 bits per heavy atom. The van der Waals surface area contributed by atoms with Gasteiger partial charge in [-0.05, 0) is 62.0 Å². The van der Waals surface area contributed by atoms with Crippen molar-refractivity contribution in [2.24, 2.45) is 0 Å². The molecule has 0 fully saturated rings. The van der Waals surface area contributed by atoms with E-state index in [-0.39, 0.29) is 6.04 Å². The van der Waals surface area contributed by atoms with E-state index in [4.69, 9.17) is 0 Å². The van der Waals surface area contributed by atoms with E-state index in [1.165, 1.54) is 19.8 Å². The van der Waals surface area contributed by atoms with Crippen LogP contribution < -0.4 is 5.32 Å². The van der Waals surface area contributed by atoms with Gasteiger partial charge < -0.3 is 5.32 Å². The van der Waals surface area contributed by atoms with Crippen molar-refractivity contribution < 1.29 is 0 Å². The van der Waals surface area contributed by atoms with Crippen LogP contribution in [-0.2, 0) is 0 Å². The average Bonchev–Trinajstić information content (AvgIpc) is 3.00. The maximum absolute atomic E-state index is 3.60. The molecule has 0 spiro atoms. The van der Waals surface area contributed by atoms with Gasteiger partial charge in [-0.25, -0.2) is 0 Å². The molecule has 0 saturated heterocycles. The standard InChI is InChI=1S/C15H13Br2NS2/c1-2-18-14(13-8-10(16)15(17)20-13)12-7-9-5-3-4-6-11(9)19-12/h3-8,14,18H,2H2,1H3. The van der Waals surface area contributed by atoms with Crippen LogP contribution in [0.1, 0.15) is 22.7 Å². The molecule has 0 aliphatic rings. The second-order valence-corrected chi connectivity index (χ2v) is 8.82. The summed E-state index contributed by atoms with van der Waals surface area (Å²) >= 11 is 10.8. The Kier molecular flexibility index (Phi) is 4.62. The van der Waals surface area contributed by atoms with Gasteiger partial charge in [0.15, 0.2) is 0 Å². The predicted octanol–water partition coefficient (Wildman–Crippen LogP) is 6.19. The third-order valence-electron chi connectivity index (χ3n) is 3.09. The van der Waals surface area contributed by atoms with Gasteiger partial charge in [0.2, 0.25) is 0 Å². The van der Waals surface area contributed by atoms with Crippen molar-refractivity contribution in [3.05, 3.63) is 54.4 Å². The maximum Gasteiger partial charge on any atom is 0.0843 e. The van der Waals surface area contributed by atoms with E-state index in [0.29, 0.717) is 0 Å². The summed E-state index contributed by atoms with van der Waals surface area (Å²) in [4.78, 5) is 2.70. The molecule has 0 bridgehead atoms. The number of hydrogen-bond donors (Lipinski definition) is 1. The summed E-state index contributed by atoms with van der Waals surface area (Å²) < 4.78 is 3.62. The highest BCUT2D eigenvalue weighted by molar-refractivity contribution is 9.13. The average molecular weight is 431 g/mol. The SMILES string of the molecule is CCNC(c1cc(Br)c(Br)s1)c1cc2ccccc2s1. The van der Waals surface area contributed by atoms with Gasteiger partial charge in [-0.1, -0.05) is 25.1 Å². The lowest BCUT2D eigenvalue weighted by atomic mass is 10.1. The van der Waals surface area contributed by atoms with E-state index in [1.807, 2.05) is 11.3 Å². The first kappa shape index (κ1) is 14.7. The molecule has 2 aromatic heterocycles. The summed E-state index contributed by atoms with van der Waals surface area (Å²) in [6.07, 6.45) is 0. The number of nitrogens with one attached hydrogen (secondary N) is 1. The van der Waals surface area contributed by atoms with Crippen LogP contribution in [0, 0.1) is 0 Å². The summed E-state index contributed by atoms with van der Waals surface area (Å²) in [6, 6.07) is 13.3. The lowest BCUT2D eigenvalue weighted by Gasteiger charge is -2.14. The van der Waals surface area contributed by atoms with E-state index in [9.17, 15) is 0 Å². The van der Waals surface area contributed by atoms with Crippen LogP contribution in [0.5, 0.6) is 0 Å². The third kappa shape index (κ3) is 2.88. The Labute approximate surface area is 143 Å². The second-order valence-electron chi connectivity index (χ2n) is 4.45. The molecule has 3 aromatic rings. The van der Waals surface area contributed by atoms with Crippen LogP contribution in [0.15, 0.2) is 44.7 Å². The molecule has 20 heavy (non-hydrogen) atoms. The largest absolute Gasteiger partial charge is 0.305 e. The molecule has 1 atom stereocenters. The summed E-state index contributed by atoms with van der Waals surface area (Å²) in [5, 5.41) is 4.92. The molecule has 0 saturated carbocycles. The van der Waals surface area contributed by atoms with Crippen molar-refractivity contribution in [2.45, 2.75) is 13.0 Å². The van der Waals surface area contributed by atoms with Crippen molar-refractivity contribution >= 4 is 64.6 Å². The van der Waals surface area contributed by atoms with Crippen molar-refractivity contribution in [2.75, 3.05) is 6.54 Å². The molecule has 1 nitrogen and oxygen atoms in total. The molecular formula is C15H13Br2NS2. The van der Waals surface area contributed by atoms with E-state index < -0.39 is 0 Å². The zero-order valence-corrected chi connectivity index (χ0v) is 15.6. The van der Waals surface area contributed by atoms with Gasteiger partial charge in [0, 0.05) is 18.9 Å². The van der Waals surface area contributed by atoms with Crippen LogP contribution in [0.4, 0.5) is 0 Å². The van der Waals surface area contributed by atoms with E-state index in [0.717, 1.165) is 14.8 Å². The van der Waals surface area contributed by atoms with Crippen molar-refractivity contribution in [3.8, 4) is 0 Å². The quantitative estimate of drug-likeness (QED) is 0.520. The lowest BCUT2D eigenvalue weighted by Crippen LogP contribution is -2.20. The Morgan fingerprint density at radius 2 is 1.85 bits per heavy atom. The van der Waals surface area contributed by atoms with Gasteiger partial charge in [0.25, 0.3) is 0 Å². The highest BCUT2D eigenvalue weighted by Gasteiger charge is 2.19. The van der Waals surface area contributed by atoms with Gasteiger partial charge in [0.05, 0.1) is 9.83 Å².